The van der Waals surface area contributed by atoms with Crippen LogP contribution >= 0.6 is 0 Å². The zero-order valence-electron chi connectivity index (χ0n) is 15.3. The molecule has 0 saturated heterocycles. The molecule has 0 heterocycles. The summed E-state index contributed by atoms with van der Waals surface area (Å²) in [5.41, 5.74) is 2.78. The van der Waals surface area contributed by atoms with Gasteiger partial charge < -0.3 is 0 Å². The van der Waals surface area contributed by atoms with Gasteiger partial charge in [0.1, 0.15) is 13.7 Å². The number of hydrogen-bond acceptors (Lipinski definition) is 4. The lowest BCUT2D eigenvalue weighted by atomic mass is 9.96. The number of carbonyl (C=O) groups excluding carboxylic acids is 2. The third-order valence-corrected chi connectivity index (χ3v) is 4.90. The van der Waals surface area contributed by atoms with Crippen LogP contribution in [0.2, 0.25) is 0 Å². The maximum absolute atomic E-state index is 14.4. The largest absolute Gasteiger partial charge is 0.472 e. The fourth-order valence-electron chi connectivity index (χ4n) is 2.27. The van der Waals surface area contributed by atoms with Gasteiger partial charge in [-0.1, -0.05) is 23.7 Å². The van der Waals surface area contributed by atoms with E-state index in [0.29, 0.717) is 11.5 Å². The Labute approximate surface area is 170 Å². The standard InChI is InChI=1S/C17H14BF4N3O4S/c1-30(28,29)25(13-6-4-12(18)5-7-13)9-11-3-2-10(8-14(11)19)15(26)23-24-16(27)17(20,21)22/h2-8H,9H2,1H3,(H,23,26)(H,24,27). The SMILES string of the molecule is [B]c1ccc(N(Cc2ccc(C(=O)NNC(=O)C(F)(F)F)cc2F)S(C)(=O)=O)cc1. The van der Waals surface area contributed by atoms with Crippen molar-refractivity contribution in [3.05, 3.63) is 59.4 Å². The van der Waals surface area contributed by atoms with Crippen molar-refractivity contribution in [2.45, 2.75) is 12.7 Å². The highest BCUT2D eigenvalue weighted by Crippen LogP contribution is 2.21. The van der Waals surface area contributed by atoms with Crippen molar-refractivity contribution in [3.8, 4) is 0 Å². The molecule has 13 heteroatoms. The fourth-order valence-corrected chi connectivity index (χ4v) is 3.15. The quantitative estimate of drug-likeness (QED) is 0.408. The predicted octanol–water partition coefficient (Wildman–Crippen LogP) is 0.909. The van der Waals surface area contributed by atoms with Gasteiger partial charge in [0.2, 0.25) is 10.0 Å². The molecule has 2 aromatic carbocycles. The maximum atomic E-state index is 14.4. The number of hydrazine groups is 1. The lowest BCUT2D eigenvalue weighted by molar-refractivity contribution is -0.174. The summed E-state index contributed by atoms with van der Waals surface area (Å²) >= 11 is 0. The van der Waals surface area contributed by atoms with Gasteiger partial charge >= 0.3 is 12.1 Å². The van der Waals surface area contributed by atoms with E-state index in [0.717, 1.165) is 28.1 Å². The normalized spacial score (nSPS) is 11.6. The van der Waals surface area contributed by atoms with Gasteiger partial charge in [0.05, 0.1) is 18.5 Å². The summed E-state index contributed by atoms with van der Waals surface area (Å²) in [5.74, 6) is -4.58. The zero-order valence-corrected chi connectivity index (χ0v) is 16.1. The second kappa shape index (κ2) is 8.73. The fraction of sp³-hybridized carbons (Fsp3) is 0.176. The molecule has 0 fully saturated rings. The molecule has 0 aliphatic carbocycles. The van der Waals surface area contributed by atoms with Crippen LogP contribution in [-0.4, -0.2) is 40.5 Å². The lowest BCUT2D eigenvalue weighted by Gasteiger charge is -2.23. The highest BCUT2D eigenvalue weighted by molar-refractivity contribution is 7.92. The van der Waals surface area contributed by atoms with Crippen LogP contribution in [0.25, 0.3) is 0 Å². The van der Waals surface area contributed by atoms with E-state index in [9.17, 15) is 35.6 Å². The molecule has 0 aliphatic heterocycles. The van der Waals surface area contributed by atoms with Crippen LogP contribution in [0.3, 0.4) is 0 Å². The molecule has 2 aromatic rings. The monoisotopic (exact) mass is 443 g/mol. The van der Waals surface area contributed by atoms with Gasteiger partial charge in [-0.3, -0.25) is 24.7 Å². The highest BCUT2D eigenvalue weighted by atomic mass is 32.2. The molecule has 2 amide bonds. The third kappa shape index (κ3) is 5.96. The van der Waals surface area contributed by atoms with E-state index in [2.05, 4.69) is 0 Å². The number of nitrogens with one attached hydrogen (secondary N) is 2. The number of benzene rings is 2. The summed E-state index contributed by atoms with van der Waals surface area (Å²) in [7, 11) is 1.76. The van der Waals surface area contributed by atoms with Crippen molar-refractivity contribution < 1.29 is 35.6 Å². The summed E-state index contributed by atoms with van der Waals surface area (Å²) < 4.78 is 75.9. The molecular formula is C17H14BF4N3O4S. The Bertz CT molecular complexity index is 1060. The average Bonchev–Trinajstić information content (AvgIpc) is 2.64. The number of sulfonamides is 1. The van der Waals surface area contributed by atoms with E-state index in [4.69, 9.17) is 7.85 Å². The number of nitrogens with zero attached hydrogens (tertiary/aromatic N) is 1. The molecule has 0 aliphatic rings. The van der Waals surface area contributed by atoms with Gasteiger partial charge in [-0.15, -0.1) is 0 Å². The molecular weight excluding hydrogens is 429 g/mol. The van der Waals surface area contributed by atoms with Crippen LogP contribution in [0.1, 0.15) is 15.9 Å². The molecule has 0 spiro atoms. The molecule has 158 valence electrons. The molecule has 0 saturated carbocycles. The summed E-state index contributed by atoms with van der Waals surface area (Å²) in [4.78, 5) is 22.5. The van der Waals surface area contributed by atoms with Gasteiger partial charge in [0, 0.05) is 11.1 Å². The van der Waals surface area contributed by atoms with Crippen LogP contribution < -0.4 is 20.6 Å². The van der Waals surface area contributed by atoms with Crippen molar-refractivity contribution in [1.82, 2.24) is 10.9 Å². The van der Waals surface area contributed by atoms with Crippen molar-refractivity contribution in [1.29, 1.82) is 0 Å². The minimum atomic E-state index is -5.21. The van der Waals surface area contributed by atoms with Gasteiger partial charge in [-0.25, -0.2) is 12.8 Å². The smallest absolute Gasteiger partial charge is 0.267 e. The molecule has 2 N–H and O–H groups in total. The first-order valence-corrected chi connectivity index (χ1v) is 9.93. The van der Waals surface area contributed by atoms with Crippen LogP contribution in [0.4, 0.5) is 23.2 Å². The van der Waals surface area contributed by atoms with Crippen LogP contribution in [-0.2, 0) is 21.4 Å². The lowest BCUT2D eigenvalue weighted by Crippen LogP contribution is -2.47. The molecule has 0 unspecified atom stereocenters. The van der Waals surface area contributed by atoms with E-state index >= 15 is 0 Å². The topological polar surface area (TPSA) is 95.6 Å². The number of anilines is 1. The van der Waals surface area contributed by atoms with Gasteiger partial charge in [0.15, 0.2) is 0 Å². The van der Waals surface area contributed by atoms with Crippen LogP contribution in [0, 0.1) is 5.82 Å². The average molecular weight is 443 g/mol. The van der Waals surface area contributed by atoms with Gasteiger partial charge in [-0.2, -0.15) is 13.2 Å². The second-order valence-electron chi connectivity index (χ2n) is 6.07. The minimum absolute atomic E-state index is 0.104. The Morgan fingerprint density at radius 3 is 2.17 bits per heavy atom. The van der Waals surface area contributed by atoms with E-state index < -0.39 is 45.9 Å². The minimum Gasteiger partial charge on any atom is -0.267 e. The Balaban J connectivity index is 2.20. The molecule has 2 radical (unpaired) electrons. The summed E-state index contributed by atoms with van der Waals surface area (Å²) in [6.07, 6.45) is -4.29. The van der Waals surface area contributed by atoms with Crippen molar-refractivity contribution in [2.24, 2.45) is 0 Å². The van der Waals surface area contributed by atoms with Gasteiger partial charge in [0.25, 0.3) is 5.91 Å². The van der Waals surface area contributed by atoms with E-state index in [-0.39, 0.29) is 11.3 Å². The first-order chi connectivity index (χ1) is 13.8. The molecule has 7 nitrogen and oxygen atoms in total. The molecule has 0 aromatic heterocycles. The molecule has 0 atom stereocenters. The third-order valence-electron chi connectivity index (χ3n) is 3.76. The first-order valence-electron chi connectivity index (χ1n) is 8.08. The second-order valence-corrected chi connectivity index (χ2v) is 7.98. The molecule has 2 rings (SSSR count). The highest BCUT2D eigenvalue weighted by Gasteiger charge is 2.39. The molecule has 0 bridgehead atoms. The summed E-state index contributed by atoms with van der Waals surface area (Å²) in [6.45, 7) is -0.415. The van der Waals surface area contributed by atoms with Crippen LogP contribution in [0.5, 0.6) is 0 Å². The Morgan fingerprint density at radius 2 is 1.67 bits per heavy atom. The van der Waals surface area contributed by atoms with E-state index in [1.807, 2.05) is 0 Å². The number of amides is 2. The predicted molar refractivity (Wildman–Crippen MR) is 101 cm³/mol. The Morgan fingerprint density at radius 1 is 1.07 bits per heavy atom. The van der Waals surface area contributed by atoms with E-state index in [1.165, 1.54) is 29.7 Å². The van der Waals surface area contributed by atoms with Crippen molar-refractivity contribution in [3.63, 3.8) is 0 Å². The Hall–Kier alpha value is -3.09. The summed E-state index contributed by atoms with van der Waals surface area (Å²) in [6, 6.07) is 8.66. The van der Waals surface area contributed by atoms with E-state index in [1.54, 1.807) is 0 Å². The maximum Gasteiger partial charge on any atom is 0.472 e. The molecule has 30 heavy (non-hydrogen) atoms. The summed E-state index contributed by atoms with van der Waals surface area (Å²) in [5, 5.41) is 0. The Kier molecular flexibility index (Phi) is 6.75. The van der Waals surface area contributed by atoms with Crippen LogP contribution in [0.15, 0.2) is 42.5 Å². The first kappa shape index (κ1) is 23.2. The van der Waals surface area contributed by atoms with Crippen molar-refractivity contribution in [2.75, 3.05) is 10.6 Å². The number of hydrogen-bond donors (Lipinski definition) is 2. The number of rotatable bonds is 5. The number of carbonyl (C=O) groups is 2. The zero-order chi connectivity index (χ0) is 22.7. The van der Waals surface area contributed by atoms with Gasteiger partial charge in [-0.05, 0) is 24.3 Å². The van der Waals surface area contributed by atoms with Crippen molar-refractivity contribution >= 4 is 40.8 Å². The number of halogens is 4. The number of alkyl halides is 3.